The van der Waals surface area contributed by atoms with Crippen molar-refractivity contribution < 1.29 is 17.9 Å². The summed E-state index contributed by atoms with van der Waals surface area (Å²) in [4.78, 5) is 11.8. The maximum Gasteiger partial charge on any atom is 0.257 e. The first-order valence-electron chi connectivity index (χ1n) is 8.45. The smallest absolute Gasteiger partial charge is 0.257 e. The van der Waals surface area contributed by atoms with E-state index in [9.17, 15) is 13.2 Å². The zero-order valence-corrected chi connectivity index (χ0v) is 16.5. The first kappa shape index (κ1) is 21.7. The molecule has 0 spiro atoms. The molecule has 0 heterocycles. The average Bonchev–Trinajstić information content (AvgIpc) is 2.53. The average molecular weight is 391 g/mol. The lowest BCUT2D eigenvalue weighted by atomic mass is 10.1. The van der Waals surface area contributed by atoms with E-state index in [0.29, 0.717) is 19.0 Å². The van der Waals surface area contributed by atoms with Crippen LogP contribution in [0.5, 0.6) is 5.75 Å². The first-order valence-corrected chi connectivity index (χ1v) is 10.3. The molecule has 1 amide bonds. The van der Waals surface area contributed by atoms with Crippen molar-refractivity contribution in [2.24, 2.45) is 5.92 Å². The number of carbonyl (C=O) groups is 1. The molecule has 1 rings (SSSR count). The highest BCUT2D eigenvalue weighted by Gasteiger charge is 2.16. The van der Waals surface area contributed by atoms with Crippen LogP contribution in [0.2, 0.25) is 5.02 Å². The molecule has 0 aliphatic carbocycles. The number of carbonyl (C=O) groups excluding carboxylic acids is 1. The van der Waals surface area contributed by atoms with E-state index in [1.54, 1.807) is 0 Å². The summed E-state index contributed by atoms with van der Waals surface area (Å²) in [7, 11) is -3.59. The van der Waals surface area contributed by atoms with Crippen molar-refractivity contribution >= 4 is 27.5 Å². The molecule has 0 saturated carbocycles. The highest BCUT2D eigenvalue weighted by Crippen LogP contribution is 2.27. The minimum absolute atomic E-state index is 0.0716. The summed E-state index contributed by atoms with van der Waals surface area (Å²) >= 11 is 6.08. The van der Waals surface area contributed by atoms with E-state index in [1.807, 2.05) is 6.92 Å². The number of sulfonamides is 1. The first-order chi connectivity index (χ1) is 11.8. The molecular weight excluding hydrogens is 364 g/mol. The number of hydrogen-bond acceptors (Lipinski definition) is 4. The van der Waals surface area contributed by atoms with E-state index in [2.05, 4.69) is 23.9 Å². The van der Waals surface area contributed by atoms with Crippen molar-refractivity contribution in [3.05, 3.63) is 23.2 Å². The van der Waals surface area contributed by atoms with Crippen LogP contribution in [-0.4, -0.2) is 34.0 Å². The van der Waals surface area contributed by atoms with Crippen LogP contribution < -0.4 is 14.8 Å². The minimum Gasteiger partial charge on any atom is -0.482 e. The molecule has 0 bridgehead atoms. The molecule has 25 heavy (non-hydrogen) atoms. The van der Waals surface area contributed by atoms with Gasteiger partial charge in [0.1, 0.15) is 5.75 Å². The van der Waals surface area contributed by atoms with Crippen molar-refractivity contribution in [3.8, 4) is 5.75 Å². The third kappa shape index (κ3) is 8.07. The van der Waals surface area contributed by atoms with Crippen LogP contribution >= 0.6 is 11.6 Å². The quantitative estimate of drug-likeness (QED) is 0.569. The van der Waals surface area contributed by atoms with Crippen LogP contribution in [0.15, 0.2) is 23.1 Å². The van der Waals surface area contributed by atoms with E-state index < -0.39 is 10.0 Å². The van der Waals surface area contributed by atoms with Gasteiger partial charge in [-0.1, -0.05) is 38.8 Å². The predicted molar refractivity (Wildman–Crippen MR) is 99.5 cm³/mol. The third-order valence-corrected chi connectivity index (χ3v) is 5.19. The highest BCUT2D eigenvalue weighted by molar-refractivity contribution is 7.89. The summed E-state index contributed by atoms with van der Waals surface area (Å²) in [5.41, 5.74) is 0. The van der Waals surface area contributed by atoms with Gasteiger partial charge in [0.25, 0.3) is 5.91 Å². The summed E-state index contributed by atoms with van der Waals surface area (Å²) < 4.78 is 32.1. The Kier molecular flexibility index (Phi) is 9.24. The Morgan fingerprint density at radius 3 is 2.60 bits per heavy atom. The Bertz CT molecular complexity index is 663. The van der Waals surface area contributed by atoms with Crippen LogP contribution in [0, 0.1) is 5.92 Å². The second-order valence-electron chi connectivity index (χ2n) is 6.16. The molecular formula is C17H27ClN2O4S. The summed E-state index contributed by atoms with van der Waals surface area (Å²) in [5, 5.41) is 2.90. The van der Waals surface area contributed by atoms with Crippen molar-refractivity contribution in [2.45, 2.75) is 44.9 Å². The molecule has 2 N–H and O–H groups in total. The van der Waals surface area contributed by atoms with Gasteiger partial charge in [-0.05, 0) is 37.0 Å². The lowest BCUT2D eigenvalue weighted by Gasteiger charge is -2.11. The lowest BCUT2D eigenvalue weighted by molar-refractivity contribution is -0.123. The molecule has 1 aromatic rings. The normalized spacial score (nSPS) is 11.6. The molecule has 1 aromatic carbocycles. The van der Waals surface area contributed by atoms with E-state index in [0.717, 1.165) is 19.3 Å². The Morgan fingerprint density at radius 1 is 1.28 bits per heavy atom. The standard InChI is InChI=1S/C17H27ClN2O4S/c1-4-5-9-20-25(22,23)14-6-7-16(15(18)11-14)24-12-17(21)19-10-8-13(2)3/h6-7,11,13,20H,4-5,8-10,12H2,1-3H3,(H,19,21). The van der Waals surface area contributed by atoms with E-state index >= 15 is 0 Å². The number of nitrogens with one attached hydrogen (secondary N) is 2. The summed E-state index contributed by atoms with van der Waals surface area (Å²) in [6.45, 7) is 6.94. The Morgan fingerprint density at radius 2 is 2.00 bits per heavy atom. The topological polar surface area (TPSA) is 84.5 Å². The van der Waals surface area contributed by atoms with Gasteiger partial charge in [0.15, 0.2) is 6.61 Å². The molecule has 6 nitrogen and oxygen atoms in total. The van der Waals surface area contributed by atoms with Crippen molar-refractivity contribution in [3.63, 3.8) is 0 Å². The van der Waals surface area contributed by atoms with E-state index in [-0.39, 0.29) is 28.2 Å². The van der Waals surface area contributed by atoms with Crippen LogP contribution in [-0.2, 0) is 14.8 Å². The molecule has 142 valence electrons. The number of amides is 1. The van der Waals surface area contributed by atoms with Gasteiger partial charge in [-0.3, -0.25) is 4.79 Å². The van der Waals surface area contributed by atoms with E-state index in [4.69, 9.17) is 16.3 Å². The second kappa shape index (κ2) is 10.6. The lowest BCUT2D eigenvalue weighted by Crippen LogP contribution is -2.30. The van der Waals surface area contributed by atoms with Crippen LogP contribution in [0.25, 0.3) is 0 Å². The molecule has 0 aliphatic heterocycles. The van der Waals surface area contributed by atoms with Gasteiger partial charge in [-0.25, -0.2) is 13.1 Å². The Balaban J connectivity index is 2.59. The molecule has 0 radical (unpaired) electrons. The molecule has 0 atom stereocenters. The fraction of sp³-hybridized carbons (Fsp3) is 0.588. The van der Waals surface area contributed by atoms with E-state index in [1.165, 1.54) is 18.2 Å². The number of rotatable bonds is 11. The van der Waals surface area contributed by atoms with Crippen LogP contribution in [0.4, 0.5) is 0 Å². The maximum atomic E-state index is 12.1. The van der Waals surface area contributed by atoms with Gasteiger partial charge in [0, 0.05) is 13.1 Å². The van der Waals surface area contributed by atoms with Crippen molar-refractivity contribution in [1.82, 2.24) is 10.0 Å². The van der Waals surface area contributed by atoms with Gasteiger partial charge < -0.3 is 10.1 Å². The maximum absolute atomic E-state index is 12.1. The number of halogens is 1. The van der Waals surface area contributed by atoms with Gasteiger partial charge >= 0.3 is 0 Å². The summed E-state index contributed by atoms with van der Waals surface area (Å²) in [6.07, 6.45) is 2.56. The molecule has 8 heteroatoms. The van der Waals surface area contributed by atoms with Gasteiger partial charge in [0.05, 0.1) is 9.92 Å². The summed E-state index contributed by atoms with van der Waals surface area (Å²) in [6, 6.07) is 4.19. The highest BCUT2D eigenvalue weighted by atomic mass is 35.5. The molecule has 0 aromatic heterocycles. The minimum atomic E-state index is -3.59. The number of ether oxygens (including phenoxy) is 1. The van der Waals surface area contributed by atoms with Crippen LogP contribution in [0.3, 0.4) is 0 Å². The number of benzene rings is 1. The van der Waals surface area contributed by atoms with Gasteiger partial charge in [0.2, 0.25) is 10.0 Å². The zero-order valence-electron chi connectivity index (χ0n) is 15.0. The molecule has 0 fully saturated rings. The number of hydrogen-bond donors (Lipinski definition) is 2. The van der Waals surface area contributed by atoms with Crippen molar-refractivity contribution in [2.75, 3.05) is 19.7 Å². The molecule has 0 aliphatic rings. The number of unbranched alkanes of at least 4 members (excludes halogenated alkanes) is 1. The largest absolute Gasteiger partial charge is 0.482 e. The Hall–Kier alpha value is -1.31. The molecule has 0 saturated heterocycles. The summed E-state index contributed by atoms with van der Waals surface area (Å²) in [5.74, 6) is 0.541. The SMILES string of the molecule is CCCCNS(=O)(=O)c1ccc(OCC(=O)NCCC(C)C)c(Cl)c1. The third-order valence-electron chi connectivity index (χ3n) is 3.44. The Labute approximate surface area is 155 Å². The fourth-order valence-electron chi connectivity index (χ4n) is 1.93. The van der Waals surface area contributed by atoms with Gasteiger partial charge in [-0.2, -0.15) is 0 Å². The fourth-order valence-corrected chi connectivity index (χ4v) is 3.33. The van der Waals surface area contributed by atoms with Gasteiger partial charge in [-0.15, -0.1) is 0 Å². The van der Waals surface area contributed by atoms with Crippen LogP contribution in [0.1, 0.15) is 40.0 Å². The molecule has 0 unspecified atom stereocenters. The monoisotopic (exact) mass is 390 g/mol. The van der Waals surface area contributed by atoms with Crippen molar-refractivity contribution in [1.29, 1.82) is 0 Å². The predicted octanol–water partition coefficient (Wildman–Crippen LogP) is 2.96. The zero-order chi connectivity index (χ0) is 18.9. The second-order valence-corrected chi connectivity index (χ2v) is 8.34.